The van der Waals surface area contributed by atoms with Crippen LogP contribution >= 0.6 is 0 Å². The smallest absolute Gasteiger partial charge is 0.314 e. The van der Waals surface area contributed by atoms with Crippen molar-refractivity contribution in [2.24, 2.45) is 11.3 Å². The molecule has 0 saturated carbocycles. The molecule has 2 saturated heterocycles. The van der Waals surface area contributed by atoms with Crippen molar-refractivity contribution < 1.29 is 14.3 Å². The van der Waals surface area contributed by atoms with Gasteiger partial charge in [-0.25, -0.2) is 0 Å². The zero-order valence-corrected chi connectivity index (χ0v) is 9.25. The summed E-state index contributed by atoms with van der Waals surface area (Å²) in [5.41, 5.74) is -0.250. The quantitative estimate of drug-likeness (QED) is 0.696. The van der Waals surface area contributed by atoms with E-state index in [1.165, 1.54) is 0 Å². The van der Waals surface area contributed by atoms with Crippen LogP contribution in [0.25, 0.3) is 0 Å². The summed E-state index contributed by atoms with van der Waals surface area (Å²) in [5.74, 6) is 0.419. The fourth-order valence-corrected chi connectivity index (χ4v) is 2.52. The van der Waals surface area contributed by atoms with Crippen molar-refractivity contribution >= 4 is 5.97 Å². The van der Waals surface area contributed by atoms with E-state index < -0.39 is 0 Å². The lowest BCUT2D eigenvalue weighted by molar-refractivity contribution is -0.166. The van der Waals surface area contributed by atoms with Crippen molar-refractivity contribution in [3.63, 3.8) is 0 Å². The average Bonchev–Trinajstić information content (AvgIpc) is 2.18. The second-order valence-electron chi connectivity index (χ2n) is 4.37. The maximum atomic E-state index is 11.9. The van der Waals surface area contributed by atoms with Crippen molar-refractivity contribution in [1.82, 2.24) is 5.32 Å². The van der Waals surface area contributed by atoms with Gasteiger partial charge in [0.2, 0.25) is 0 Å². The third-order valence-electron chi connectivity index (χ3n) is 3.57. The van der Waals surface area contributed by atoms with Gasteiger partial charge < -0.3 is 14.8 Å². The first-order valence-corrected chi connectivity index (χ1v) is 5.75. The topological polar surface area (TPSA) is 47.6 Å². The number of rotatable bonds is 3. The largest absolute Gasteiger partial charge is 0.465 e. The molecule has 1 N–H and O–H groups in total. The highest BCUT2D eigenvalue weighted by atomic mass is 16.5. The molecule has 0 spiro atoms. The van der Waals surface area contributed by atoms with Gasteiger partial charge in [0.15, 0.2) is 0 Å². The first kappa shape index (κ1) is 10.9. The van der Waals surface area contributed by atoms with Crippen molar-refractivity contribution in [2.45, 2.75) is 19.8 Å². The van der Waals surface area contributed by atoms with Crippen molar-refractivity contribution in [3.8, 4) is 0 Å². The molecule has 0 atom stereocenters. The summed E-state index contributed by atoms with van der Waals surface area (Å²) >= 11 is 0. The predicted molar refractivity (Wildman–Crippen MR) is 55.5 cm³/mol. The van der Waals surface area contributed by atoms with Gasteiger partial charge in [0, 0.05) is 26.3 Å². The monoisotopic (exact) mass is 213 g/mol. The Bertz CT molecular complexity index is 232. The highest BCUT2D eigenvalue weighted by molar-refractivity contribution is 5.79. The number of ether oxygens (including phenoxy) is 2. The number of hydrogen-bond donors (Lipinski definition) is 1. The van der Waals surface area contributed by atoms with Crippen LogP contribution in [0.5, 0.6) is 0 Å². The molecule has 2 heterocycles. The van der Waals surface area contributed by atoms with Crippen molar-refractivity contribution in [3.05, 3.63) is 0 Å². The standard InChI is InChI=1S/C11H19NO3/c1-2-15-10(13)11(7-12-8-11)9-3-5-14-6-4-9/h9,12H,2-8H2,1H3. The summed E-state index contributed by atoms with van der Waals surface area (Å²) in [6.45, 7) is 5.45. The SMILES string of the molecule is CCOC(=O)C1(C2CCOCC2)CNC1. The minimum atomic E-state index is -0.250. The molecule has 0 radical (unpaired) electrons. The summed E-state index contributed by atoms with van der Waals surface area (Å²) in [6.07, 6.45) is 1.97. The van der Waals surface area contributed by atoms with E-state index >= 15 is 0 Å². The third-order valence-corrected chi connectivity index (χ3v) is 3.57. The summed E-state index contributed by atoms with van der Waals surface area (Å²) < 4.78 is 10.5. The molecule has 0 unspecified atom stereocenters. The lowest BCUT2D eigenvalue weighted by Crippen LogP contribution is -2.63. The minimum Gasteiger partial charge on any atom is -0.465 e. The first-order valence-electron chi connectivity index (χ1n) is 5.75. The second kappa shape index (κ2) is 4.49. The highest BCUT2D eigenvalue weighted by Gasteiger charge is 2.51. The van der Waals surface area contributed by atoms with Crippen LogP contribution in [0.4, 0.5) is 0 Å². The molecule has 15 heavy (non-hydrogen) atoms. The average molecular weight is 213 g/mol. The van der Waals surface area contributed by atoms with Gasteiger partial charge in [-0.1, -0.05) is 0 Å². The fraction of sp³-hybridized carbons (Fsp3) is 0.909. The molecule has 4 heteroatoms. The molecule has 0 bridgehead atoms. The fourth-order valence-electron chi connectivity index (χ4n) is 2.52. The first-order chi connectivity index (χ1) is 7.29. The van der Waals surface area contributed by atoms with Gasteiger partial charge in [-0.3, -0.25) is 4.79 Å². The van der Waals surface area contributed by atoms with E-state index in [9.17, 15) is 4.79 Å². The van der Waals surface area contributed by atoms with Crippen molar-refractivity contribution in [1.29, 1.82) is 0 Å². The van der Waals surface area contributed by atoms with Crippen LogP contribution in [0.1, 0.15) is 19.8 Å². The van der Waals surface area contributed by atoms with E-state index in [0.717, 1.165) is 39.1 Å². The predicted octanol–water partition coefficient (Wildman–Crippen LogP) is 0.566. The normalized spacial score (nSPS) is 25.7. The van der Waals surface area contributed by atoms with Crippen LogP contribution in [0.2, 0.25) is 0 Å². The van der Waals surface area contributed by atoms with Gasteiger partial charge in [-0.2, -0.15) is 0 Å². The van der Waals surface area contributed by atoms with E-state index in [2.05, 4.69) is 5.32 Å². The third kappa shape index (κ3) is 1.88. The molecular weight excluding hydrogens is 194 g/mol. The molecule has 2 aliphatic rings. The Morgan fingerprint density at radius 1 is 1.47 bits per heavy atom. The Balaban J connectivity index is 2.03. The lowest BCUT2D eigenvalue weighted by atomic mass is 9.67. The van der Waals surface area contributed by atoms with Gasteiger partial charge in [-0.15, -0.1) is 0 Å². The Morgan fingerprint density at radius 2 is 2.13 bits per heavy atom. The number of hydrogen-bond acceptors (Lipinski definition) is 4. The second-order valence-corrected chi connectivity index (χ2v) is 4.37. The molecule has 2 rings (SSSR count). The summed E-state index contributed by atoms with van der Waals surface area (Å²) in [5, 5.41) is 3.20. The van der Waals surface area contributed by atoms with E-state index in [-0.39, 0.29) is 11.4 Å². The van der Waals surface area contributed by atoms with E-state index in [4.69, 9.17) is 9.47 Å². The summed E-state index contributed by atoms with van der Waals surface area (Å²) in [6, 6.07) is 0. The maximum absolute atomic E-state index is 11.9. The molecule has 4 nitrogen and oxygen atoms in total. The zero-order valence-electron chi connectivity index (χ0n) is 9.25. The number of esters is 1. The van der Waals surface area contributed by atoms with E-state index in [1.807, 2.05) is 6.92 Å². The molecule has 0 aromatic heterocycles. The van der Waals surface area contributed by atoms with Crippen LogP contribution in [0.15, 0.2) is 0 Å². The number of carbonyl (C=O) groups excluding carboxylic acids is 1. The van der Waals surface area contributed by atoms with Crippen LogP contribution in [-0.2, 0) is 14.3 Å². The molecule has 2 fully saturated rings. The Labute approximate surface area is 90.3 Å². The Hall–Kier alpha value is -0.610. The van der Waals surface area contributed by atoms with Gasteiger partial charge in [-0.05, 0) is 25.7 Å². The van der Waals surface area contributed by atoms with Crippen LogP contribution in [-0.4, -0.2) is 38.9 Å². The molecule has 2 aliphatic heterocycles. The molecule has 0 aromatic rings. The minimum absolute atomic E-state index is 0.0179. The maximum Gasteiger partial charge on any atom is 0.314 e. The van der Waals surface area contributed by atoms with Crippen LogP contribution in [0, 0.1) is 11.3 Å². The van der Waals surface area contributed by atoms with E-state index in [1.54, 1.807) is 0 Å². The lowest BCUT2D eigenvalue weighted by Gasteiger charge is -2.47. The molecule has 86 valence electrons. The highest BCUT2D eigenvalue weighted by Crippen LogP contribution is 2.39. The zero-order chi connectivity index (χ0) is 10.7. The van der Waals surface area contributed by atoms with Crippen LogP contribution < -0.4 is 5.32 Å². The molecule has 0 amide bonds. The number of carbonyl (C=O) groups is 1. The summed E-state index contributed by atoms with van der Waals surface area (Å²) in [4.78, 5) is 11.9. The Kier molecular flexibility index (Phi) is 3.26. The molecule has 0 aliphatic carbocycles. The molecule has 0 aromatic carbocycles. The van der Waals surface area contributed by atoms with Gasteiger partial charge >= 0.3 is 5.97 Å². The van der Waals surface area contributed by atoms with E-state index in [0.29, 0.717) is 12.5 Å². The van der Waals surface area contributed by atoms with Crippen LogP contribution in [0.3, 0.4) is 0 Å². The van der Waals surface area contributed by atoms with Gasteiger partial charge in [0.05, 0.1) is 12.0 Å². The Morgan fingerprint density at radius 3 is 2.60 bits per heavy atom. The molecular formula is C11H19NO3. The summed E-state index contributed by atoms with van der Waals surface area (Å²) in [7, 11) is 0. The van der Waals surface area contributed by atoms with Crippen molar-refractivity contribution in [2.75, 3.05) is 32.9 Å². The number of nitrogens with one attached hydrogen (secondary N) is 1. The van der Waals surface area contributed by atoms with Gasteiger partial charge in [0.25, 0.3) is 0 Å². The van der Waals surface area contributed by atoms with Gasteiger partial charge in [0.1, 0.15) is 0 Å².